The van der Waals surface area contributed by atoms with Crippen molar-refractivity contribution in [2.75, 3.05) is 11.9 Å². The molecule has 1 amide bonds. The number of benzene rings is 2. The quantitative estimate of drug-likeness (QED) is 0.763. The van der Waals surface area contributed by atoms with E-state index >= 15 is 0 Å². The number of pyridine rings is 1. The van der Waals surface area contributed by atoms with Gasteiger partial charge in [-0.3, -0.25) is 4.79 Å². The largest absolute Gasteiger partial charge is 0.366 e. The van der Waals surface area contributed by atoms with Gasteiger partial charge < -0.3 is 10.2 Å². The normalized spacial score (nSPS) is 13.1. The number of halogens is 1. The summed E-state index contributed by atoms with van der Waals surface area (Å²) < 4.78 is 13.7. The first-order valence-corrected chi connectivity index (χ1v) is 9.00. The van der Waals surface area contributed by atoms with Crippen molar-refractivity contribution in [3.63, 3.8) is 0 Å². The number of anilines is 1. The molecule has 5 heteroatoms. The Kier molecular flexibility index (Phi) is 4.83. The van der Waals surface area contributed by atoms with Crippen molar-refractivity contribution < 1.29 is 9.18 Å². The summed E-state index contributed by atoms with van der Waals surface area (Å²) in [5.41, 5.74) is 3.65. The smallest absolute Gasteiger partial charge is 0.255 e. The molecule has 0 unspecified atom stereocenters. The van der Waals surface area contributed by atoms with Crippen LogP contribution in [0.1, 0.15) is 27.0 Å². The molecule has 1 aliphatic heterocycles. The Balaban J connectivity index is 1.40. The van der Waals surface area contributed by atoms with Gasteiger partial charge in [0.15, 0.2) is 0 Å². The van der Waals surface area contributed by atoms with E-state index in [1.165, 1.54) is 17.2 Å². The van der Waals surface area contributed by atoms with Crippen LogP contribution in [0.2, 0.25) is 0 Å². The van der Waals surface area contributed by atoms with Crippen LogP contribution in [0, 0.1) is 5.82 Å². The van der Waals surface area contributed by atoms with Crippen molar-refractivity contribution in [3.05, 3.63) is 94.9 Å². The molecular weight excluding hydrogens is 341 g/mol. The monoisotopic (exact) mass is 361 g/mol. The summed E-state index contributed by atoms with van der Waals surface area (Å²) >= 11 is 0. The highest BCUT2D eigenvalue weighted by Gasteiger charge is 2.21. The van der Waals surface area contributed by atoms with E-state index in [-0.39, 0.29) is 11.7 Å². The molecule has 0 atom stereocenters. The highest BCUT2D eigenvalue weighted by atomic mass is 19.1. The number of fused-ring (bicyclic) bond motifs is 1. The molecule has 1 aliphatic rings. The minimum absolute atomic E-state index is 0.0161. The zero-order valence-electron chi connectivity index (χ0n) is 14.9. The Morgan fingerprint density at radius 3 is 2.59 bits per heavy atom. The number of nitrogens with one attached hydrogen (secondary N) is 1. The minimum atomic E-state index is -0.248. The van der Waals surface area contributed by atoms with Crippen LogP contribution in [0.4, 0.5) is 10.2 Å². The third kappa shape index (κ3) is 3.82. The van der Waals surface area contributed by atoms with E-state index in [9.17, 15) is 9.18 Å². The highest BCUT2D eigenvalue weighted by molar-refractivity contribution is 5.94. The van der Waals surface area contributed by atoms with E-state index in [0.29, 0.717) is 36.6 Å². The molecule has 0 fully saturated rings. The summed E-state index contributed by atoms with van der Waals surface area (Å²) in [7, 11) is 0. The van der Waals surface area contributed by atoms with Crippen molar-refractivity contribution in [1.29, 1.82) is 0 Å². The number of nitrogens with zero attached hydrogens (tertiary/aromatic N) is 2. The maximum absolute atomic E-state index is 13.7. The predicted molar refractivity (Wildman–Crippen MR) is 103 cm³/mol. The number of rotatable bonds is 4. The number of aromatic nitrogens is 1. The van der Waals surface area contributed by atoms with Crippen molar-refractivity contribution in [1.82, 2.24) is 9.88 Å². The first-order valence-electron chi connectivity index (χ1n) is 9.00. The van der Waals surface area contributed by atoms with Gasteiger partial charge in [-0.2, -0.15) is 0 Å². The average Bonchev–Trinajstić information content (AvgIpc) is 2.73. The number of hydrogen-bond acceptors (Lipinski definition) is 3. The fourth-order valence-electron chi connectivity index (χ4n) is 3.30. The first kappa shape index (κ1) is 17.2. The van der Waals surface area contributed by atoms with Gasteiger partial charge in [0, 0.05) is 31.4 Å². The molecule has 1 aromatic heterocycles. The van der Waals surface area contributed by atoms with Gasteiger partial charge in [0.2, 0.25) is 0 Å². The van der Waals surface area contributed by atoms with Crippen LogP contribution in [0.5, 0.6) is 0 Å². The van der Waals surface area contributed by atoms with Crippen molar-refractivity contribution in [3.8, 4) is 0 Å². The summed E-state index contributed by atoms with van der Waals surface area (Å²) in [5, 5.41) is 3.08. The molecule has 2 heterocycles. The molecule has 4 nitrogen and oxygen atoms in total. The Morgan fingerprint density at radius 1 is 1.04 bits per heavy atom. The SMILES string of the molecule is O=C(c1ccc(NCc2ccccc2F)nc1)N1CCc2ccccc2C1. The topological polar surface area (TPSA) is 45.2 Å². The summed E-state index contributed by atoms with van der Waals surface area (Å²) in [6.07, 6.45) is 2.45. The summed E-state index contributed by atoms with van der Waals surface area (Å²) in [6.45, 7) is 1.68. The lowest BCUT2D eigenvalue weighted by Crippen LogP contribution is -2.35. The molecule has 0 radical (unpaired) electrons. The summed E-state index contributed by atoms with van der Waals surface area (Å²) in [5.74, 6) is 0.346. The number of hydrogen-bond donors (Lipinski definition) is 1. The maximum Gasteiger partial charge on any atom is 0.255 e. The molecule has 0 saturated carbocycles. The van der Waals surface area contributed by atoms with Crippen LogP contribution in [0.3, 0.4) is 0 Å². The van der Waals surface area contributed by atoms with Crippen LogP contribution in [-0.4, -0.2) is 22.3 Å². The highest BCUT2D eigenvalue weighted by Crippen LogP contribution is 2.20. The van der Waals surface area contributed by atoms with E-state index in [1.807, 2.05) is 17.0 Å². The van der Waals surface area contributed by atoms with Gasteiger partial charge >= 0.3 is 0 Å². The second-order valence-corrected chi connectivity index (χ2v) is 6.62. The summed E-state index contributed by atoms with van der Waals surface area (Å²) in [6, 6.07) is 18.4. The van der Waals surface area contributed by atoms with Crippen molar-refractivity contribution >= 4 is 11.7 Å². The Labute approximate surface area is 157 Å². The van der Waals surface area contributed by atoms with Gasteiger partial charge in [-0.05, 0) is 35.7 Å². The minimum Gasteiger partial charge on any atom is -0.366 e. The molecule has 136 valence electrons. The lowest BCUT2D eigenvalue weighted by molar-refractivity contribution is 0.0734. The number of amides is 1. The van der Waals surface area contributed by atoms with E-state index in [0.717, 1.165) is 6.42 Å². The zero-order chi connectivity index (χ0) is 18.6. The molecule has 0 spiro atoms. The molecule has 4 rings (SSSR count). The van der Waals surface area contributed by atoms with E-state index in [1.54, 1.807) is 36.5 Å². The van der Waals surface area contributed by atoms with Crippen LogP contribution < -0.4 is 5.32 Å². The van der Waals surface area contributed by atoms with Crippen LogP contribution in [-0.2, 0) is 19.5 Å². The molecule has 0 aliphatic carbocycles. The fourth-order valence-corrected chi connectivity index (χ4v) is 3.30. The molecule has 3 aromatic rings. The predicted octanol–water partition coefficient (Wildman–Crippen LogP) is 4.03. The molecule has 0 bridgehead atoms. The second-order valence-electron chi connectivity index (χ2n) is 6.62. The Morgan fingerprint density at radius 2 is 1.81 bits per heavy atom. The summed E-state index contributed by atoms with van der Waals surface area (Å²) in [4.78, 5) is 18.9. The van der Waals surface area contributed by atoms with E-state index < -0.39 is 0 Å². The number of carbonyl (C=O) groups excluding carboxylic acids is 1. The van der Waals surface area contributed by atoms with Gasteiger partial charge in [-0.1, -0.05) is 42.5 Å². The first-order chi connectivity index (χ1) is 13.2. The third-order valence-corrected chi connectivity index (χ3v) is 4.85. The lowest BCUT2D eigenvalue weighted by atomic mass is 9.99. The molecule has 2 aromatic carbocycles. The van der Waals surface area contributed by atoms with Crippen LogP contribution >= 0.6 is 0 Å². The average molecular weight is 361 g/mol. The van der Waals surface area contributed by atoms with E-state index in [2.05, 4.69) is 22.4 Å². The van der Waals surface area contributed by atoms with Gasteiger partial charge in [0.1, 0.15) is 11.6 Å². The zero-order valence-corrected chi connectivity index (χ0v) is 14.9. The maximum atomic E-state index is 13.7. The second kappa shape index (κ2) is 7.58. The van der Waals surface area contributed by atoms with E-state index in [4.69, 9.17) is 0 Å². The molecule has 0 saturated heterocycles. The molecule has 1 N–H and O–H groups in total. The van der Waals surface area contributed by atoms with Crippen molar-refractivity contribution in [2.24, 2.45) is 0 Å². The van der Waals surface area contributed by atoms with Gasteiger partial charge in [-0.15, -0.1) is 0 Å². The lowest BCUT2D eigenvalue weighted by Gasteiger charge is -2.28. The van der Waals surface area contributed by atoms with Crippen molar-refractivity contribution in [2.45, 2.75) is 19.5 Å². The van der Waals surface area contributed by atoms with Crippen LogP contribution in [0.25, 0.3) is 0 Å². The molecular formula is C22H20FN3O. The third-order valence-electron chi connectivity index (χ3n) is 4.85. The van der Waals surface area contributed by atoms with Gasteiger partial charge in [0.05, 0.1) is 5.56 Å². The Hall–Kier alpha value is -3.21. The van der Waals surface area contributed by atoms with Gasteiger partial charge in [-0.25, -0.2) is 9.37 Å². The Bertz CT molecular complexity index is 956. The van der Waals surface area contributed by atoms with Crippen LogP contribution in [0.15, 0.2) is 66.9 Å². The number of carbonyl (C=O) groups is 1. The molecule has 27 heavy (non-hydrogen) atoms. The van der Waals surface area contributed by atoms with Gasteiger partial charge in [0.25, 0.3) is 5.91 Å². The fraction of sp³-hybridized carbons (Fsp3) is 0.182. The standard InChI is InChI=1S/C22H20FN3O/c23-20-8-4-3-6-17(20)13-24-21-10-9-18(14-25-21)22(27)26-12-11-16-5-1-2-7-19(16)15-26/h1-10,14H,11-13,15H2,(H,24,25).